The summed E-state index contributed by atoms with van der Waals surface area (Å²) < 4.78 is 0. The summed E-state index contributed by atoms with van der Waals surface area (Å²) in [5.41, 5.74) is 1.40. The highest BCUT2D eigenvalue weighted by Crippen LogP contribution is 2.20. The van der Waals surface area contributed by atoms with Crippen LogP contribution in [0.3, 0.4) is 0 Å². The molecule has 76 valence electrons. The first-order valence-corrected chi connectivity index (χ1v) is 5.58. The average molecular weight is 210 g/mol. The summed E-state index contributed by atoms with van der Waals surface area (Å²) in [5.74, 6) is 0. The molecule has 0 N–H and O–H groups in total. The Morgan fingerprint density at radius 2 is 2.07 bits per heavy atom. The quantitative estimate of drug-likeness (QED) is 0.724. The summed E-state index contributed by atoms with van der Waals surface area (Å²) in [6.45, 7) is 1.25. The summed E-state index contributed by atoms with van der Waals surface area (Å²) in [4.78, 5) is 2.45. The Bertz CT molecular complexity index is 294. The average Bonchev–Trinajstić information content (AvgIpc) is 2.56. The predicted octanol–water partition coefficient (Wildman–Crippen LogP) is 2.98. The van der Waals surface area contributed by atoms with Gasteiger partial charge in [0.05, 0.1) is 0 Å². The van der Waals surface area contributed by atoms with Crippen molar-refractivity contribution in [3.63, 3.8) is 0 Å². The monoisotopic (exact) mass is 209 g/mol. The van der Waals surface area contributed by atoms with Gasteiger partial charge >= 0.3 is 0 Å². The Morgan fingerprint density at radius 1 is 1.36 bits per heavy atom. The number of halogens is 1. The maximum absolute atomic E-state index is 5.85. The van der Waals surface area contributed by atoms with Crippen LogP contribution in [0.5, 0.6) is 0 Å². The van der Waals surface area contributed by atoms with E-state index >= 15 is 0 Å². The molecule has 0 saturated carbocycles. The van der Waals surface area contributed by atoms with Gasteiger partial charge in [-0.05, 0) is 50.6 Å². The lowest BCUT2D eigenvalue weighted by Gasteiger charge is -2.19. The summed E-state index contributed by atoms with van der Waals surface area (Å²) in [7, 11) is 2.22. The molecule has 14 heavy (non-hydrogen) atoms. The SMILES string of the molecule is CN1CCCC1Cc1ccc(Cl)cc1. The van der Waals surface area contributed by atoms with E-state index in [1.807, 2.05) is 12.1 Å². The largest absolute Gasteiger partial charge is 0.303 e. The molecular weight excluding hydrogens is 194 g/mol. The maximum Gasteiger partial charge on any atom is 0.0406 e. The molecular formula is C12H16ClN. The lowest BCUT2D eigenvalue weighted by Crippen LogP contribution is -2.26. The summed E-state index contributed by atoms with van der Waals surface area (Å²) in [5, 5.41) is 0.827. The lowest BCUT2D eigenvalue weighted by atomic mass is 10.0. The van der Waals surface area contributed by atoms with Gasteiger partial charge in [0.2, 0.25) is 0 Å². The second-order valence-electron chi connectivity index (χ2n) is 4.11. The van der Waals surface area contributed by atoms with Gasteiger partial charge in [0, 0.05) is 11.1 Å². The Morgan fingerprint density at radius 3 is 2.64 bits per heavy atom. The molecule has 1 aliphatic rings. The van der Waals surface area contributed by atoms with Crippen molar-refractivity contribution in [2.45, 2.75) is 25.3 Å². The van der Waals surface area contributed by atoms with Crippen LogP contribution in [0.2, 0.25) is 5.02 Å². The number of benzene rings is 1. The van der Waals surface area contributed by atoms with Crippen LogP contribution in [0.4, 0.5) is 0 Å². The van der Waals surface area contributed by atoms with Crippen molar-refractivity contribution in [2.75, 3.05) is 13.6 Å². The summed E-state index contributed by atoms with van der Waals surface area (Å²) in [6, 6.07) is 8.96. The molecule has 1 saturated heterocycles. The molecule has 1 aromatic rings. The predicted molar refractivity (Wildman–Crippen MR) is 60.8 cm³/mol. The lowest BCUT2D eigenvalue weighted by molar-refractivity contribution is 0.309. The first kappa shape index (κ1) is 10.0. The van der Waals surface area contributed by atoms with Crippen LogP contribution in [0.25, 0.3) is 0 Å². The zero-order chi connectivity index (χ0) is 9.97. The zero-order valence-electron chi connectivity index (χ0n) is 8.54. The van der Waals surface area contributed by atoms with Gasteiger partial charge in [0.1, 0.15) is 0 Å². The molecule has 0 aliphatic carbocycles. The molecule has 2 rings (SSSR count). The fourth-order valence-electron chi connectivity index (χ4n) is 2.13. The highest BCUT2D eigenvalue weighted by Gasteiger charge is 2.20. The van der Waals surface area contributed by atoms with Gasteiger partial charge in [-0.1, -0.05) is 23.7 Å². The molecule has 0 radical (unpaired) electrons. The summed E-state index contributed by atoms with van der Waals surface area (Å²) >= 11 is 5.85. The topological polar surface area (TPSA) is 3.24 Å². The molecule has 1 aliphatic heterocycles. The van der Waals surface area contributed by atoms with Crippen molar-refractivity contribution in [1.82, 2.24) is 4.90 Å². The second-order valence-corrected chi connectivity index (χ2v) is 4.54. The molecule has 0 aromatic heterocycles. The third-order valence-electron chi connectivity index (χ3n) is 3.06. The minimum atomic E-state index is 0.733. The third-order valence-corrected chi connectivity index (χ3v) is 3.31. The van der Waals surface area contributed by atoms with Gasteiger partial charge in [0.25, 0.3) is 0 Å². The van der Waals surface area contributed by atoms with E-state index in [4.69, 9.17) is 11.6 Å². The fourth-order valence-corrected chi connectivity index (χ4v) is 2.26. The summed E-state index contributed by atoms with van der Waals surface area (Å²) in [6.07, 6.45) is 3.83. The minimum absolute atomic E-state index is 0.733. The first-order valence-electron chi connectivity index (χ1n) is 5.20. The van der Waals surface area contributed by atoms with Crippen molar-refractivity contribution < 1.29 is 0 Å². The number of hydrogen-bond donors (Lipinski definition) is 0. The van der Waals surface area contributed by atoms with Crippen LogP contribution < -0.4 is 0 Å². The van der Waals surface area contributed by atoms with E-state index in [0.717, 1.165) is 17.5 Å². The van der Waals surface area contributed by atoms with E-state index in [9.17, 15) is 0 Å². The van der Waals surface area contributed by atoms with E-state index in [0.29, 0.717) is 0 Å². The maximum atomic E-state index is 5.85. The van der Waals surface area contributed by atoms with Crippen molar-refractivity contribution >= 4 is 11.6 Å². The minimum Gasteiger partial charge on any atom is -0.303 e. The van der Waals surface area contributed by atoms with Gasteiger partial charge in [0.15, 0.2) is 0 Å². The van der Waals surface area contributed by atoms with Gasteiger partial charge < -0.3 is 4.90 Å². The van der Waals surface area contributed by atoms with Crippen molar-refractivity contribution in [2.24, 2.45) is 0 Å². The molecule has 1 unspecified atom stereocenters. The van der Waals surface area contributed by atoms with Crippen LogP contribution >= 0.6 is 11.6 Å². The highest BCUT2D eigenvalue weighted by atomic mass is 35.5. The normalized spacial score (nSPS) is 22.9. The zero-order valence-corrected chi connectivity index (χ0v) is 9.30. The van der Waals surface area contributed by atoms with Gasteiger partial charge in [-0.15, -0.1) is 0 Å². The molecule has 1 atom stereocenters. The fraction of sp³-hybridized carbons (Fsp3) is 0.500. The Kier molecular flexibility index (Phi) is 3.09. The van der Waals surface area contributed by atoms with E-state index in [1.54, 1.807) is 0 Å². The molecule has 0 bridgehead atoms. The van der Waals surface area contributed by atoms with Crippen LogP contribution in [0.1, 0.15) is 18.4 Å². The first-order chi connectivity index (χ1) is 6.75. The van der Waals surface area contributed by atoms with E-state index in [-0.39, 0.29) is 0 Å². The molecule has 0 spiro atoms. The second kappa shape index (κ2) is 4.33. The van der Waals surface area contributed by atoms with E-state index in [2.05, 4.69) is 24.1 Å². The molecule has 1 aromatic carbocycles. The molecule has 1 fully saturated rings. The van der Waals surface area contributed by atoms with Crippen molar-refractivity contribution in [1.29, 1.82) is 0 Å². The Hall–Kier alpha value is -0.530. The number of likely N-dealkylation sites (tertiary alicyclic amines) is 1. The van der Waals surface area contributed by atoms with Crippen LogP contribution in [0.15, 0.2) is 24.3 Å². The molecule has 0 amide bonds. The standard InChI is InChI=1S/C12H16ClN/c1-14-8-2-3-12(14)9-10-4-6-11(13)7-5-10/h4-7,12H,2-3,8-9H2,1H3. The molecule has 1 heterocycles. The molecule has 2 heteroatoms. The third kappa shape index (κ3) is 2.28. The Balaban J connectivity index is 2.00. The van der Waals surface area contributed by atoms with Crippen LogP contribution in [-0.2, 0) is 6.42 Å². The smallest absolute Gasteiger partial charge is 0.0406 e. The van der Waals surface area contributed by atoms with Crippen molar-refractivity contribution in [3.05, 3.63) is 34.9 Å². The van der Waals surface area contributed by atoms with Crippen LogP contribution in [-0.4, -0.2) is 24.5 Å². The van der Waals surface area contributed by atoms with Crippen LogP contribution in [0, 0.1) is 0 Å². The van der Waals surface area contributed by atoms with E-state index < -0.39 is 0 Å². The van der Waals surface area contributed by atoms with Gasteiger partial charge in [-0.3, -0.25) is 0 Å². The number of rotatable bonds is 2. The van der Waals surface area contributed by atoms with Gasteiger partial charge in [-0.25, -0.2) is 0 Å². The van der Waals surface area contributed by atoms with Crippen molar-refractivity contribution in [3.8, 4) is 0 Å². The van der Waals surface area contributed by atoms with E-state index in [1.165, 1.54) is 24.9 Å². The number of likely N-dealkylation sites (N-methyl/N-ethyl adjacent to an activating group) is 1. The highest BCUT2D eigenvalue weighted by molar-refractivity contribution is 6.30. The van der Waals surface area contributed by atoms with Gasteiger partial charge in [-0.2, -0.15) is 0 Å². The Labute approximate surface area is 90.7 Å². The number of hydrogen-bond acceptors (Lipinski definition) is 1. The number of nitrogens with zero attached hydrogens (tertiary/aromatic N) is 1. The molecule has 1 nitrogen and oxygen atoms in total.